The van der Waals surface area contributed by atoms with E-state index in [9.17, 15) is 12.8 Å². The Morgan fingerprint density at radius 3 is 2.63 bits per heavy atom. The van der Waals surface area contributed by atoms with Crippen LogP contribution in [0.3, 0.4) is 0 Å². The molecule has 4 nitrogen and oxygen atoms in total. The first-order valence-corrected chi connectivity index (χ1v) is 7.50. The monoisotopic (exact) mass is 284 g/mol. The van der Waals surface area contributed by atoms with Gasteiger partial charge in [0.1, 0.15) is 5.82 Å². The number of sulfonamides is 1. The van der Waals surface area contributed by atoms with Gasteiger partial charge in [-0.15, -0.1) is 6.58 Å². The zero-order valence-corrected chi connectivity index (χ0v) is 11.6. The lowest BCUT2D eigenvalue weighted by Crippen LogP contribution is -2.33. The zero-order valence-electron chi connectivity index (χ0n) is 10.8. The predicted molar refractivity (Wildman–Crippen MR) is 72.7 cm³/mol. The molecule has 1 fully saturated rings. The minimum absolute atomic E-state index is 0.0228. The molecule has 1 aromatic rings. The Hall–Kier alpha value is -1.40. The highest BCUT2D eigenvalue weighted by Crippen LogP contribution is 2.33. The van der Waals surface area contributed by atoms with Crippen LogP contribution in [0.15, 0.2) is 29.7 Å². The number of hydrogen-bond donors (Lipinski definition) is 1. The van der Waals surface area contributed by atoms with Gasteiger partial charge in [-0.05, 0) is 37.5 Å². The lowest BCUT2D eigenvalue weighted by Gasteiger charge is -2.20. The van der Waals surface area contributed by atoms with E-state index in [0.717, 1.165) is 12.8 Å². The van der Waals surface area contributed by atoms with Crippen molar-refractivity contribution in [3.63, 3.8) is 0 Å². The van der Waals surface area contributed by atoms with Crippen LogP contribution < -0.4 is 5.73 Å². The topological polar surface area (TPSA) is 63.4 Å². The second-order valence-electron chi connectivity index (χ2n) is 4.74. The normalized spacial score (nSPS) is 15.7. The Labute approximate surface area is 112 Å². The third-order valence-corrected chi connectivity index (χ3v) is 5.02. The van der Waals surface area contributed by atoms with Crippen molar-refractivity contribution in [2.75, 3.05) is 12.3 Å². The Balaban J connectivity index is 2.46. The summed E-state index contributed by atoms with van der Waals surface area (Å²) in [5.41, 5.74) is 5.59. The Morgan fingerprint density at radius 1 is 1.53 bits per heavy atom. The number of halogens is 1. The molecule has 6 heteroatoms. The summed E-state index contributed by atoms with van der Waals surface area (Å²) in [6.07, 6.45) is 3.25. The minimum atomic E-state index is -3.65. The van der Waals surface area contributed by atoms with Crippen LogP contribution in [0.25, 0.3) is 0 Å². The number of nitrogens with two attached hydrogens (primary N) is 1. The van der Waals surface area contributed by atoms with Crippen molar-refractivity contribution >= 4 is 15.7 Å². The quantitative estimate of drug-likeness (QED) is 0.665. The van der Waals surface area contributed by atoms with Crippen LogP contribution >= 0.6 is 0 Å². The number of rotatable bonds is 5. The van der Waals surface area contributed by atoms with Crippen LogP contribution in [0.1, 0.15) is 18.4 Å². The van der Waals surface area contributed by atoms with E-state index in [0.29, 0.717) is 0 Å². The van der Waals surface area contributed by atoms with E-state index in [1.54, 1.807) is 6.08 Å². The standard InChI is InChI=1S/C13H17FN2O2S/c1-3-6-16(10-4-5-10)19(17,18)11-7-9(2)13(14)12(15)8-11/h3,7-8,10H,1,4-6,15H2,2H3. The largest absolute Gasteiger partial charge is 0.396 e. The van der Waals surface area contributed by atoms with E-state index >= 15 is 0 Å². The molecule has 2 rings (SSSR count). The molecular weight excluding hydrogens is 267 g/mol. The summed E-state index contributed by atoms with van der Waals surface area (Å²) in [4.78, 5) is 0.0395. The van der Waals surface area contributed by atoms with Crippen molar-refractivity contribution in [1.29, 1.82) is 0 Å². The first-order chi connectivity index (χ1) is 8.87. The smallest absolute Gasteiger partial charge is 0.243 e. The maximum absolute atomic E-state index is 13.5. The highest BCUT2D eigenvalue weighted by molar-refractivity contribution is 7.89. The van der Waals surface area contributed by atoms with Crippen LogP contribution in [0, 0.1) is 12.7 Å². The third kappa shape index (κ3) is 2.64. The Morgan fingerprint density at radius 2 is 2.16 bits per heavy atom. The Kier molecular flexibility index (Phi) is 3.64. The summed E-state index contributed by atoms with van der Waals surface area (Å²) < 4.78 is 39.9. The number of aryl methyl sites for hydroxylation is 1. The first kappa shape index (κ1) is 14.0. The van der Waals surface area contributed by atoms with Gasteiger partial charge in [0.05, 0.1) is 10.6 Å². The molecule has 0 bridgehead atoms. The zero-order chi connectivity index (χ0) is 14.2. The molecule has 1 aliphatic rings. The number of hydrogen-bond acceptors (Lipinski definition) is 3. The van der Waals surface area contributed by atoms with Crippen molar-refractivity contribution in [1.82, 2.24) is 4.31 Å². The predicted octanol–water partition coefficient (Wildman–Crippen LogP) is 2.06. The molecule has 0 saturated heterocycles. The average Bonchev–Trinajstić information content (AvgIpc) is 3.16. The van der Waals surface area contributed by atoms with Crippen LogP contribution in [-0.2, 0) is 10.0 Å². The molecule has 104 valence electrons. The van der Waals surface area contributed by atoms with Crippen molar-refractivity contribution in [2.45, 2.75) is 30.7 Å². The first-order valence-electron chi connectivity index (χ1n) is 6.06. The Bertz CT molecular complexity index is 586. The van der Waals surface area contributed by atoms with Crippen LogP contribution in [-0.4, -0.2) is 25.3 Å². The summed E-state index contributed by atoms with van der Waals surface area (Å²) in [7, 11) is -3.65. The van der Waals surface area contributed by atoms with E-state index < -0.39 is 15.8 Å². The number of nitrogens with zero attached hydrogens (tertiary/aromatic N) is 1. The molecule has 2 N–H and O–H groups in total. The molecular formula is C13H17FN2O2S. The van der Waals surface area contributed by atoms with Gasteiger partial charge in [0.15, 0.2) is 0 Å². The van der Waals surface area contributed by atoms with Crippen molar-refractivity contribution in [3.05, 3.63) is 36.2 Å². The fourth-order valence-corrected chi connectivity index (χ4v) is 3.76. The molecule has 0 radical (unpaired) electrons. The van der Waals surface area contributed by atoms with Gasteiger partial charge < -0.3 is 5.73 Å². The van der Waals surface area contributed by atoms with Crippen molar-refractivity contribution in [2.24, 2.45) is 0 Å². The molecule has 0 amide bonds. The number of nitrogen functional groups attached to an aromatic ring is 1. The van der Waals surface area contributed by atoms with Gasteiger partial charge in [0.25, 0.3) is 0 Å². The van der Waals surface area contributed by atoms with Crippen molar-refractivity contribution < 1.29 is 12.8 Å². The molecule has 0 aliphatic heterocycles. The molecule has 0 unspecified atom stereocenters. The molecule has 0 atom stereocenters. The van der Waals surface area contributed by atoms with Crippen LogP contribution in [0.5, 0.6) is 0 Å². The van der Waals surface area contributed by atoms with E-state index in [4.69, 9.17) is 5.73 Å². The third-order valence-electron chi connectivity index (χ3n) is 3.13. The highest BCUT2D eigenvalue weighted by atomic mass is 32.2. The molecule has 0 heterocycles. The average molecular weight is 284 g/mol. The van der Waals surface area contributed by atoms with Gasteiger partial charge in [-0.3, -0.25) is 0 Å². The summed E-state index contributed by atoms with van der Waals surface area (Å²) >= 11 is 0. The maximum atomic E-state index is 13.5. The van der Waals surface area contributed by atoms with E-state index in [1.165, 1.54) is 23.4 Å². The summed E-state index contributed by atoms with van der Waals surface area (Å²) in [5, 5.41) is 0. The van der Waals surface area contributed by atoms with Gasteiger partial charge in [-0.25, -0.2) is 12.8 Å². The second-order valence-corrected chi connectivity index (χ2v) is 6.63. The molecule has 0 aromatic heterocycles. The van der Waals surface area contributed by atoms with E-state index in [1.807, 2.05) is 0 Å². The van der Waals surface area contributed by atoms with Crippen molar-refractivity contribution in [3.8, 4) is 0 Å². The summed E-state index contributed by atoms with van der Waals surface area (Å²) in [6, 6.07) is 2.52. The van der Waals surface area contributed by atoms with Gasteiger partial charge in [0.2, 0.25) is 10.0 Å². The molecule has 1 saturated carbocycles. The van der Waals surface area contributed by atoms with E-state index in [2.05, 4.69) is 6.58 Å². The number of anilines is 1. The molecule has 19 heavy (non-hydrogen) atoms. The lowest BCUT2D eigenvalue weighted by molar-refractivity contribution is 0.436. The molecule has 1 aliphatic carbocycles. The minimum Gasteiger partial charge on any atom is -0.396 e. The summed E-state index contributed by atoms with van der Waals surface area (Å²) in [5.74, 6) is -0.569. The molecule has 0 spiro atoms. The van der Waals surface area contributed by atoms with Gasteiger partial charge in [-0.2, -0.15) is 4.31 Å². The van der Waals surface area contributed by atoms with Crippen LogP contribution in [0.4, 0.5) is 10.1 Å². The fourth-order valence-electron chi connectivity index (χ4n) is 1.98. The van der Waals surface area contributed by atoms with Gasteiger partial charge in [-0.1, -0.05) is 6.08 Å². The SMILES string of the molecule is C=CCN(C1CC1)S(=O)(=O)c1cc(C)c(F)c(N)c1. The van der Waals surface area contributed by atoms with Gasteiger partial charge >= 0.3 is 0 Å². The van der Waals surface area contributed by atoms with Gasteiger partial charge in [0, 0.05) is 12.6 Å². The number of benzene rings is 1. The maximum Gasteiger partial charge on any atom is 0.243 e. The lowest BCUT2D eigenvalue weighted by atomic mass is 10.2. The fraction of sp³-hybridized carbons (Fsp3) is 0.385. The van der Waals surface area contributed by atoms with Crippen LogP contribution in [0.2, 0.25) is 0 Å². The summed E-state index contributed by atoms with van der Waals surface area (Å²) in [6.45, 7) is 5.33. The highest BCUT2D eigenvalue weighted by Gasteiger charge is 2.37. The molecule has 1 aromatic carbocycles. The second kappa shape index (κ2) is 4.94. The van der Waals surface area contributed by atoms with E-state index in [-0.39, 0.29) is 28.7 Å².